The minimum atomic E-state index is -0.752. The topological polar surface area (TPSA) is 76.5 Å². The Morgan fingerprint density at radius 2 is 1.97 bits per heavy atom. The molecule has 10 heteroatoms. The lowest BCUT2D eigenvalue weighted by atomic mass is 10.0. The van der Waals surface area contributed by atoms with Crippen molar-refractivity contribution in [3.8, 4) is 11.6 Å². The van der Waals surface area contributed by atoms with E-state index in [0.717, 1.165) is 12.1 Å². The number of likely N-dealkylation sites (N-methyl/N-ethyl adjacent to an activating group) is 1. The number of ether oxygens (including phenoxy) is 1. The predicted octanol–water partition coefficient (Wildman–Crippen LogP) is 3.62. The molecule has 0 aliphatic carbocycles. The van der Waals surface area contributed by atoms with Gasteiger partial charge in [0.2, 0.25) is 5.88 Å². The number of aryl methyl sites for hydroxylation is 1. The summed E-state index contributed by atoms with van der Waals surface area (Å²) in [6, 6.07) is 8.34. The van der Waals surface area contributed by atoms with Gasteiger partial charge in [0.1, 0.15) is 28.5 Å². The highest BCUT2D eigenvalue weighted by Crippen LogP contribution is 2.25. The SMILES string of the molecule is CNC(=O)c1cccc(-n2c(C)nc(OCc3ccc(F)cc3F)c(Br)c2=O)c1CCN(C)C. The van der Waals surface area contributed by atoms with Crippen molar-refractivity contribution in [3.63, 3.8) is 0 Å². The molecule has 2 aromatic carbocycles. The molecule has 0 radical (unpaired) electrons. The second-order valence-electron chi connectivity index (χ2n) is 7.88. The molecule has 1 N–H and O–H groups in total. The van der Waals surface area contributed by atoms with E-state index in [-0.39, 0.29) is 28.4 Å². The van der Waals surface area contributed by atoms with Crippen molar-refractivity contribution >= 4 is 21.8 Å². The molecule has 0 saturated heterocycles. The fourth-order valence-corrected chi connectivity index (χ4v) is 3.86. The molecule has 3 rings (SSSR count). The van der Waals surface area contributed by atoms with Crippen molar-refractivity contribution in [2.24, 2.45) is 0 Å². The van der Waals surface area contributed by atoms with E-state index in [1.165, 1.54) is 10.6 Å². The van der Waals surface area contributed by atoms with Gasteiger partial charge in [-0.2, -0.15) is 4.98 Å². The highest BCUT2D eigenvalue weighted by atomic mass is 79.9. The van der Waals surface area contributed by atoms with Gasteiger partial charge in [-0.05, 0) is 73.2 Å². The van der Waals surface area contributed by atoms with Gasteiger partial charge in [-0.3, -0.25) is 14.2 Å². The van der Waals surface area contributed by atoms with Crippen LogP contribution in [0.25, 0.3) is 5.69 Å². The van der Waals surface area contributed by atoms with Crippen LogP contribution >= 0.6 is 15.9 Å². The number of halogens is 3. The van der Waals surface area contributed by atoms with Crippen molar-refractivity contribution in [2.75, 3.05) is 27.7 Å². The average Bonchev–Trinajstić information content (AvgIpc) is 2.79. The van der Waals surface area contributed by atoms with Crippen LogP contribution in [-0.2, 0) is 13.0 Å². The molecule has 3 aromatic rings. The fourth-order valence-electron chi connectivity index (χ4n) is 3.48. The van der Waals surface area contributed by atoms with Crippen molar-refractivity contribution in [1.82, 2.24) is 19.8 Å². The smallest absolute Gasteiger partial charge is 0.276 e. The minimum Gasteiger partial charge on any atom is -0.472 e. The van der Waals surface area contributed by atoms with Gasteiger partial charge in [-0.25, -0.2) is 8.78 Å². The van der Waals surface area contributed by atoms with Crippen LogP contribution in [0.1, 0.15) is 27.3 Å². The van der Waals surface area contributed by atoms with Gasteiger partial charge in [0.05, 0.1) is 5.69 Å². The first-order valence-corrected chi connectivity index (χ1v) is 11.3. The molecule has 1 aromatic heterocycles. The van der Waals surface area contributed by atoms with Crippen LogP contribution in [0.3, 0.4) is 0 Å². The van der Waals surface area contributed by atoms with Crippen molar-refractivity contribution in [2.45, 2.75) is 20.0 Å². The molecule has 0 aliphatic heterocycles. The quantitative estimate of drug-likeness (QED) is 0.477. The second-order valence-corrected chi connectivity index (χ2v) is 8.67. The van der Waals surface area contributed by atoms with E-state index in [9.17, 15) is 18.4 Å². The number of carbonyl (C=O) groups is 1. The van der Waals surface area contributed by atoms with Crippen molar-refractivity contribution in [1.29, 1.82) is 0 Å². The fraction of sp³-hybridized carbons (Fsp3) is 0.292. The van der Waals surface area contributed by atoms with Crippen molar-refractivity contribution in [3.05, 3.63) is 85.4 Å². The van der Waals surface area contributed by atoms with Gasteiger partial charge in [-0.1, -0.05) is 6.07 Å². The van der Waals surface area contributed by atoms with E-state index in [1.807, 2.05) is 19.0 Å². The molecule has 180 valence electrons. The van der Waals surface area contributed by atoms with Crippen LogP contribution in [0.5, 0.6) is 5.88 Å². The molecule has 0 unspecified atom stereocenters. The van der Waals surface area contributed by atoms with Crippen LogP contribution in [0.2, 0.25) is 0 Å². The van der Waals surface area contributed by atoms with E-state index in [1.54, 1.807) is 32.2 Å². The average molecular weight is 535 g/mol. The minimum absolute atomic E-state index is 0.0141. The lowest BCUT2D eigenvalue weighted by molar-refractivity contribution is 0.0962. The maximum absolute atomic E-state index is 13.9. The van der Waals surface area contributed by atoms with E-state index in [4.69, 9.17) is 4.74 Å². The third kappa shape index (κ3) is 5.51. The third-order valence-corrected chi connectivity index (χ3v) is 5.90. The van der Waals surface area contributed by atoms with Gasteiger partial charge in [0.25, 0.3) is 11.5 Å². The Morgan fingerprint density at radius 1 is 1.24 bits per heavy atom. The summed E-state index contributed by atoms with van der Waals surface area (Å²) >= 11 is 3.25. The van der Waals surface area contributed by atoms with E-state index in [2.05, 4.69) is 26.2 Å². The third-order valence-electron chi connectivity index (χ3n) is 5.22. The number of hydrogen-bond acceptors (Lipinski definition) is 5. The predicted molar refractivity (Wildman–Crippen MR) is 129 cm³/mol. The molecule has 0 bridgehead atoms. The summed E-state index contributed by atoms with van der Waals surface area (Å²) in [4.78, 5) is 32.2. The standard InChI is InChI=1S/C24H25BrF2N4O3/c1-14-29-23(34-13-15-8-9-16(26)12-19(15)27)21(25)24(33)31(14)20-7-5-6-18(22(32)28-2)17(20)10-11-30(3)4/h5-9,12H,10-11,13H2,1-4H3,(H,28,32). The zero-order chi connectivity index (χ0) is 25.0. The summed E-state index contributed by atoms with van der Waals surface area (Å²) in [5.41, 5.74) is 1.39. The molecule has 0 aliphatic rings. The molecular weight excluding hydrogens is 510 g/mol. The summed E-state index contributed by atoms with van der Waals surface area (Å²) in [5, 5.41) is 2.64. The molecular formula is C24H25BrF2N4O3. The zero-order valence-corrected chi connectivity index (χ0v) is 20.9. The van der Waals surface area contributed by atoms with E-state index < -0.39 is 17.2 Å². The number of benzene rings is 2. The van der Waals surface area contributed by atoms with Gasteiger partial charge in [0, 0.05) is 30.8 Å². The summed E-state index contributed by atoms with van der Waals surface area (Å²) in [6.45, 7) is 2.07. The Kier molecular flexibility index (Phi) is 8.16. The number of amides is 1. The Labute approximate surface area is 204 Å². The number of nitrogens with zero attached hydrogens (tertiary/aromatic N) is 3. The zero-order valence-electron chi connectivity index (χ0n) is 19.3. The van der Waals surface area contributed by atoms with Crippen molar-refractivity contribution < 1.29 is 18.3 Å². The van der Waals surface area contributed by atoms with Crippen LogP contribution in [0.4, 0.5) is 8.78 Å². The Bertz CT molecular complexity index is 1280. The molecule has 1 heterocycles. The molecule has 0 atom stereocenters. The molecule has 1 amide bonds. The maximum Gasteiger partial charge on any atom is 0.276 e. The highest BCUT2D eigenvalue weighted by Gasteiger charge is 2.21. The number of rotatable bonds is 8. The number of nitrogens with one attached hydrogen (secondary N) is 1. The summed E-state index contributed by atoms with van der Waals surface area (Å²) in [7, 11) is 5.40. The van der Waals surface area contributed by atoms with E-state index in [0.29, 0.717) is 35.6 Å². The Hall–Kier alpha value is -3.11. The van der Waals surface area contributed by atoms with Gasteiger partial charge >= 0.3 is 0 Å². The maximum atomic E-state index is 13.9. The highest BCUT2D eigenvalue weighted by molar-refractivity contribution is 9.10. The van der Waals surface area contributed by atoms with Crippen LogP contribution in [0.15, 0.2) is 45.7 Å². The first kappa shape index (κ1) is 25.5. The van der Waals surface area contributed by atoms with E-state index >= 15 is 0 Å². The summed E-state index contributed by atoms with van der Waals surface area (Å²) in [6.07, 6.45) is 0.525. The van der Waals surface area contributed by atoms with Gasteiger partial charge in [-0.15, -0.1) is 0 Å². The van der Waals surface area contributed by atoms with Gasteiger partial charge in [0.15, 0.2) is 0 Å². The van der Waals surface area contributed by atoms with Crippen LogP contribution in [-0.4, -0.2) is 48.0 Å². The van der Waals surface area contributed by atoms with Crippen LogP contribution < -0.4 is 15.6 Å². The monoisotopic (exact) mass is 534 g/mol. The normalized spacial score (nSPS) is 11.1. The molecule has 0 spiro atoms. The lowest BCUT2D eigenvalue weighted by Crippen LogP contribution is -2.28. The summed E-state index contributed by atoms with van der Waals surface area (Å²) in [5.74, 6) is -1.39. The first-order chi connectivity index (χ1) is 16.1. The largest absolute Gasteiger partial charge is 0.472 e. The first-order valence-electron chi connectivity index (χ1n) is 10.5. The molecule has 7 nitrogen and oxygen atoms in total. The van der Waals surface area contributed by atoms with Gasteiger partial charge < -0.3 is 15.0 Å². The number of hydrogen-bond donors (Lipinski definition) is 1. The Morgan fingerprint density at radius 3 is 2.62 bits per heavy atom. The lowest BCUT2D eigenvalue weighted by Gasteiger charge is -2.20. The second kappa shape index (κ2) is 10.9. The molecule has 34 heavy (non-hydrogen) atoms. The summed E-state index contributed by atoms with van der Waals surface area (Å²) < 4.78 is 34.1. The van der Waals surface area contributed by atoms with Crippen LogP contribution in [0, 0.1) is 18.6 Å². The Balaban J connectivity index is 2.05. The number of carbonyl (C=O) groups excluding carboxylic acids is 1. The molecule has 0 saturated carbocycles. The molecule has 0 fully saturated rings. The number of aromatic nitrogens is 2.